The summed E-state index contributed by atoms with van der Waals surface area (Å²) < 4.78 is 66.8. The predicted octanol–water partition coefficient (Wildman–Crippen LogP) is 8.50. The van der Waals surface area contributed by atoms with Crippen LogP contribution in [0.25, 0.3) is 0 Å². The molecule has 0 bridgehead atoms. The molecule has 31 heavy (non-hydrogen) atoms. The average molecular weight is 445 g/mol. The smallest absolute Gasteiger partial charge is 0.403 e. The van der Waals surface area contributed by atoms with E-state index in [0.717, 1.165) is 43.2 Å². The zero-order valence-corrected chi connectivity index (χ0v) is 18.0. The molecule has 0 spiro atoms. The Labute approximate surface area is 182 Å². The molecule has 0 N–H and O–H groups in total. The second-order valence-electron chi connectivity index (χ2n) is 9.22. The zero-order valence-electron chi connectivity index (χ0n) is 18.0. The van der Waals surface area contributed by atoms with Gasteiger partial charge in [0.25, 0.3) is 0 Å². The third kappa shape index (κ3) is 7.80. The molecule has 1 nitrogen and oxygen atoms in total. The van der Waals surface area contributed by atoms with E-state index in [2.05, 4.69) is 10.8 Å². The number of hydrogen-bond donors (Lipinski definition) is 0. The van der Waals surface area contributed by atoms with Crippen LogP contribution in [0.4, 0.5) is 22.0 Å². The van der Waals surface area contributed by atoms with Gasteiger partial charge in [0.2, 0.25) is 0 Å². The maximum absolute atomic E-state index is 14.0. The number of hydrogen-bond acceptors (Lipinski definition) is 1. The summed E-state index contributed by atoms with van der Waals surface area (Å²) >= 11 is 0. The van der Waals surface area contributed by atoms with E-state index in [4.69, 9.17) is 0 Å². The summed E-state index contributed by atoms with van der Waals surface area (Å²) in [5.74, 6) is 0.586. The Balaban J connectivity index is 1.38. The molecule has 3 rings (SSSR count). The SMILES string of the molecule is FCCC=CC1CCC(CCC2CCC(c3ccc(OC(F)(F)F)c(F)c3)CC2)CC1. The first-order valence-electron chi connectivity index (χ1n) is 11.6. The number of alkyl halides is 4. The van der Waals surface area contributed by atoms with Crippen molar-refractivity contribution in [3.05, 3.63) is 41.7 Å². The van der Waals surface area contributed by atoms with Crippen molar-refractivity contribution < 1.29 is 26.7 Å². The van der Waals surface area contributed by atoms with Crippen molar-refractivity contribution in [1.29, 1.82) is 0 Å². The van der Waals surface area contributed by atoms with E-state index in [1.54, 1.807) is 6.07 Å². The van der Waals surface area contributed by atoms with Crippen LogP contribution in [0.5, 0.6) is 5.75 Å². The standard InChI is InChI=1S/C25H33F5O/c26-16-2-1-3-18-4-6-19(7-5-18)8-9-20-10-12-21(13-11-20)22-14-15-24(23(27)17-22)31-25(28,29)30/h1,3,14-15,17-21H,2,4-13,16H2. The number of allylic oxidation sites excluding steroid dienone is 2. The number of benzene rings is 1. The van der Waals surface area contributed by atoms with Gasteiger partial charge in [-0.2, -0.15) is 0 Å². The largest absolute Gasteiger partial charge is 0.573 e. The summed E-state index contributed by atoms with van der Waals surface area (Å²) in [5.41, 5.74) is 0.768. The van der Waals surface area contributed by atoms with Crippen LogP contribution in [0.2, 0.25) is 0 Å². The van der Waals surface area contributed by atoms with E-state index in [1.165, 1.54) is 44.6 Å². The van der Waals surface area contributed by atoms with Crippen molar-refractivity contribution in [3.8, 4) is 5.75 Å². The van der Waals surface area contributed by atoms with E-state index in [9.17, 15) is 22.0 Å². The fourth-order valence-corrected chi connectivity index (χ4v) is 5.26. The van der Waals surface area contributed by atoms with Gasteiger partial charge in [0.15, 0.2) is 11.6 Å². The zero-order chi connectivity index (χ0) is 22.3. The van der Waals surface area contributed by atoms with Gasteiger partial charge in [-0.05, 0) is 99.2 Å². The van der Waals surface area contributed by atoms with Crippen molar-refractivity contribution in [2.75, 3.05) is 6.67 Å². The second kappa shape index (κ2) is 11.3. The topological polar surface area (TPSA) is 9.23 Å². The molecule has 0 unspecified atom stereocenters. The number of rotatable bonds is 8. The lowest BCUT2D eigenvalue weighted by molar-refractivity contribution is -0.275. The van der Waals surface area contributed by atoms with E-state index in [-0.39, 0.29) is 12.6 Å². The normalized spacial score (nSPS) is 27.5. The fourth-order valence-electron chi connectivity index (χ4n) is 5.26. The van der Waals surface area contributed by atoms with Crippen molar-refractivity contribution in [1.82, 2.24) is 0 Å². The Kier molecular flexibility index (Phi) is 8.79. The fraction of sp³-hybridized carbons (Fsp3) is 0.680. The van der Waals surface area contributed by atoms with Gasteiger partial charge in [0.05, 0.1) is 6.67 Å². The predicted molar refractivity (Wildman–Crippen MR) is 112 cm³/mol. The quantitative estimate of drug-likeness (QED) is 0.288. The van der Waals surface area contributed by atoms with Crippen molar-refractivity contribution in [2.24, 2.45) is 17.8 Å². The molecule has 0 aromatic heterocycles. The summed E-state index contributed by atoms with van der Waals surface area (Å²) in [6, 6.07) is 3.86. The van der Waals surface area contributed by atoms with Crippen LogP contribution < -0.4 is 4.74 Å². The van der Waals surface area contributed by atoms with Gasteiger partial charge in [-0.3, -0.25) is 4.39 Å². The molecule has 2 fully saturated rings. The van der Waals surface area contributed by atoms with Gasteiger partial charge in [0.1, 0.15) is 0 Å². The Morgan fingerprint density at radius 1 is 0.903 bits per heavy atom. The van der Waals surface area contributed by atoms with Crippen LogP contribution in [0, 0.1) is 23.6 Å². The summed E-state index contributed by atoms with van der Waals surface area (Å²) in [4.78, 5) is 0. The van der Waals surface area contributed by atoms with Gasteiger partial charge >= 0.3 is 6.36 Å². The summed E-state index contributed by atoms with van der Waals surface area (Å²) in [5, 5.41) is 0. The van der Waals surface area contributed by atoms with Crippen molar-refractivity contribution in [3.63, 3.8) is 0 Å². The number of ether oxygens (including phenoxy) is 1. The molecule has 1 aromatic rings. The van der Waals surface area contributed by atoms with Crippen LogP contribution >= 0.6 is 0 Å². The highest BCUT2D eigenvalue weighted by Gasteiger charge is 2.33. The minimum absolute atomic E-state index is 0.206. The van der Waals surface area contributed by atoms with Crippen LogP contribution in [0.15, 0.2) is 30.4 Å². The van der Waals surface area contributed by atoms with Gasteiger partial charge in [0, 0.05) is 0 Å². The molecule has 0 amide bonds. The molecule has 2 aliphatic carbocycles. The molecule has 2 aliphatic rings. The monoisotopic (exact) mass is 444 g/mol. The maximum atomic E-state index is 14.0. The highest BCUT2D eigenvalue weighted by Crippen LogP contribution is 2.40. The Morgan fingerprint density at radius 3 is 2.06 bits per heavy atom. The average Bonchev–Trinajstić information content (AvgIpc) is 2.74. The first kappa shape index (κ1) is 24.1. The minimum atomic E-state index is -4.88. The lowest BCUT2D eigenvalue weighted by Crippen LogP contribution is -2.18. The van der Waals surface area contributed by atoms with E-state index in [1.807, 2.05) is 6.08 Å². The molecule has 174 valence electrons. The summed E-state index contributed by atoms with van der Waals surface area (Å²) in [6.07, 6.45) is 11.3. The summed E-state index contributed by atoms with van der Waals surface area (Å²) in [6.45, 7) is -0.277. The molecular formula is C25H33F5O. The van der Waals surface area contributed by atoms with Crippen LogP contribution in [-0.2, 0) is 0 Å². The highest BCUT2D eigenvalue weighted by molar-refractivity contribution is 5.31. The molecule has 0 atom stereocenters. The van der Waals surface area contributed by atoms with Gasteiger partial charge in [-0.15, -0.1) is 13.2 Å². The van der Waals surface area contributed by atoms with Crippen LogP contribution in [0.3, 0.4) is 0 Å². The number of halogens is 5. The molecule has 0 heterocycles. The third-order valence-corrected chi connectivity index (χ3v) is 7.06. The lowest BCUT2D eigenvalue weighted by atomic mass is 9.74. The molecular weight excluding hydrogens is 411 g/mol. The second-order valence-corrected chi connectivity index (χ2v) is 9.22. The van der Waals surface area contributed by atoms with Crippen molar-refractivity contribution in [2.45, 2.75) is 82.9 Å². The first-order valence-corrected chi connectivity index (χ1v) is 11.6. The molecule has 0 saturated heterocycles. The van der Waals surface area contributed by atoms with Gasteiger partial charge in [-0.1, -0.05) is 31.1 Å². The van der Waals surface area contributed by atoms with E-state index < -0.39 is 17.9 Å². The lowest BCUT2D eigenvalue weighted by Gasteiger charge is -2.31. The molecule has 2 saturated carbocycles. The van der Waals surface area contributed by atoms with E-state index >= 15 is 0 Å². The van der Waals surface area contributed by atoms with Gasteiger partial charge < -0.3 is 4.74 Å². The van der Waals surface area contributed by atoms with Crippen LogP contribution in [-0.4, -0.2) is 13.0 Å². The first-order chi connectivity index (χ1) is 14.8. The molecule has 6 heteroatoms. The third-order valence-electron chi connectivity index (χ3n) is 7.06. The highest BCUT2D eigenvalue weighted by atomic mass is 19.4. The van der Waals surface area contributed by atoms with Crippen molar-refractivity contribution >= 4 is 0 Å². The Bertz CT molecular complexity index is 698. The molecule has 0 radical (unpaired) electrons. The summed E-state index contributed by atoms with van der Waals surface area (Å²) in [7, 11) is 0. The van der Waals surface area contributed by atoms with Gasteiger partial charge in [-0.25, -0.2) is 4.39 Å². The minimum Gasteiger partial charge on any atom is -0.403 e. The Hall–Kier alpha value is -1.59. The Morgan fingerprint density at radius 2 is 1.52 bits per heavy atom. The molecule has 1 aromatic carbocycles. The van der Waals surface area contributed by atoms with Crippen LogP contribution in [0.1, 0.15) is 82.1 Å². The molecule has 0 aliphatic heterocycles. The maximum Gasteiger partial charge on any atom is 0.573 e. The van der Waals surface area contributed by atoms with E-state index in [0.29, 0.717) is 18.3 Å².